The van der Waals surface area contributed by atoms with E-state index in [0.29, 0.717) is 0 Å². The number of imidazole rings is 1. The van der Waals surface area contributed by atoms with Gasteiger partial charge < -0.3 is 0 Å². The number of aryl methyl sites for hydroxylation is 1. The fourth-order valence-electron chi connectivity index (χ4n) is 2.76. The van der Waals surface area contributed by atoms with Crippen LogP contribution in [0.15, 0.2) is 17.2 Å². The highest BCUT2D eigenvalue weighted by Crippen LogP contribution is 2.10. The zero-order valence-corrected chi connectivity index (χ0v) is 14.3. The molecule has 0 aliphatic heterocycles. The van der Waals surface area contributed by atoms with Gasteiger partial charge in [-0.05, 0) is 20.3 Å². The summed E-state index contributed by atoms with van der Waals surface area (Å²) >= 11 is 0. The summed E-state index contributed by atoms with van der Waals surface area (Å²) in [5.41, 5.74) is 0.140. The number of hydrogen-bond donors (Lipinski definition) is 0. The van der Waals surface area contributed by atoms with Crippen LogP contribution < -0.4 is 5.69 Å². The van der Waals surface area contributed by atoms with E-state index in [-0.39, 0.29) is 11.7 Å². The average molecular weight is 294 g/mol. The largest absolute Gasteiger partial charge is 0.328 e. The van der Waals surface area contributed by atoms with Gasteiger partial charge in [0.2, 0.25) is 0 Å². The fourth-order valence-corrected chi connectivity index (χ4v) is 2.76. The van der Waals surface area contributed by atoms with Crippen LogP contribution in [0.5, 0.6) is 0 Å². The Hall–Kier alpha value is -0.990. The molecular weight excluding hydrogens is 260 g/mol. The Labute approximate surface area is 130 Å². The minimum Gasteiger partial charge on any atom is -0.299 e. The molecule has 3 heteroatoms. The summed E-state index contributed by atoms with van der Waals surface area (Å²) in [4.78, 5) is 12.0. The highest BCUT2D eigenvalue weighted by Gasteiger charge is 2.05. The van der Waals surface area contributed by atoms with Crippen molar-refractivity contribution in [2.75, 3.05) is 0 Å². The first kappa shape index (κ1) is 18.1. The van der Waals surface area contributed by atoms with E-state index in [2.05, 4.69) is 6.92 Å². The molecule has 1 aromatic heterocycles. The number of hydrogen-bond acceptors (Lipinski definition) is 1. The van der Waals surface area contributed by atoms with E-state index < -0.39 is 0 Å². The molecule has 0 aromatic carbocycles. The third-order valence-corrected chi connectivity index (χ3v) is 4.18. The van der Waals surface area contributed by atoms with Gasteiger partial charge in [-0.2, -0.15) is 0 Å². The average Bonchev–Trinajstić information content (AvgIpc) is 2.82. The van der Waals surface area contributed by atoms with Crippen LogP contribution in [0.1, 0.15) is 91.0 Å². The third-order valence-electron chi connectivity index (χ3n) is 4.18. The minimum absolute atomic E-state index is 0.140. The van der Waals surface area contributed by atoms with Crippen molar-refractivity contribution < 1.29 is 0 Å². The van der Waals surface area contributed by atoms with Crippen LogP contribution in [-0.4, -0.2) is 9.13 Å². The first-order valence-corrected chi connectivity index (χ1v) is 8.94. The summed E-state index contributed by atoms with van der Waals surface area (Å²) in [6.45, 7) is 7.23. The van der Waals surface area contributed by atoms with Crippen molar-refractivity contribution in [1.82, 2.24) is 9.13 Å². The summed E-state index contributed by atoms with van der Waals surface area (Å²) in [5.74, 6) is 0. The first-order chi connectivity index (χ1) is 10.2. The van der Waals surface area contributed by atoms with Crippen molar-refractivity contribution in [2.45, 2.75) is 97.6 Å². The first-order valence-electron chi connectivity index (χ1n) is 8.94. The second kappa shape index (κ2) is 10.7. The molecule has 0 saturated heterocycles. The molecule has 122 valence electrons. The Morgan fingerprint density at radius 3 is 1.86 bits per heavy atom. The van der Waals surface area contributed by atoms with Crippen LogP contribution >= 0.6 is 0 Å². The molecule has 0 atom stereocenters. The SMILES string of the molecule is CCCCCCCCCCCCn1ccn(C(C)C)c1=O. The zero-order valence-electron chi connectivity index (χ0n) is 14.3. The zero-order chi connectivity index (χ0) is 15.5. The van der Waals surface area contributed by atoms with E-state index in [4.69, 9.17) is 0 Å². The van der Waals surface area contributed by atoms with E-state index in [1.807, 2.05) is 30.8 Å². The molecule has 3 nitrogen and oxygen atoms in total. The number of rotatable bonds is 12. The van der Waals surface area contributed by atoms with Gasteiger partial charge in [0.15, 0.2) is 0 Å². The summed E-state index contributed by atoms with van der Waals surface area (Å²) in [6.07, 6.45) is 17.2. The van der Waals surface area contributed by atoms with Crippen LogP contribution in [0.3, 0.4) is 0 Å². The van der Waals surface area contributed by atoms with Crippen LogP contribution in [0.2, 0.25) is 0 Å². The summed E-state index contributed by atoms with van der Waals surface area (Å²) < 4.78 is 3.65. The molecule has 0 saturated carbocycles. The number of unbranched alkanes of at least 4 members (excludes halogenated alkanes) is 9. The maximum atomic E-state index is 12.0. The van der Waals surface area contributed by atoms with Gasteiger partial charge >= 0.3 is 5.69 Å². The van der Waals surface area contributed by atoms with E-state index in [9.17, 15) is 4.79 Å². The normalized spacial score (nSPS) is 11.4. The molecule has 1 heterocycles. The van der Waals surface area contributed by atoms with Crippen molar-refractivity contribution in [3.8, 4) is 0 Å². The topological polar surface area (TPSA) is 26.9 Å². The van der Waals surface area contributed by atoms with E-state index in [1.54, 1.807) is 4.57 Å². The second-order valence-corrected chi connectivity index (χ2v) is 6.46. The smallest absolute Gasteiger partial charge is 0.299 e. The molecule has 0 aliphatic rings. The maximum Gasteiger partial charge on any atom is 0.328 e. The highest BCUT2D eigenvalue weighted by molar-refractivity contribution is 4.83. The van der Waals surface area contributed by atoms with Gasteiger partial charge in [-0.3, -0.25) is 9.13 Å². The lowest BCUT2D eigenvalue weighted by Gasteiger charge is -2.05. The predicted molar refractivity (Wildman–Crippen MR) is 90.9 cm³/mol. The molecular formula is C18H34N2O. The quantitative estimate of drug-likeness (QED) is 0.490. The molecule has 0 spiro atoms. The molecule has 0 aliphatic carbocycles. The molecule has 0 fully saturated rings. The molecule has 0 amide bonds. The molecule has 0 unspecified atom stereocenters. The van der Waals surface area contributed by atoms with E-state index in [1.165, 1.54) is 57.8 Å². The van der Waals surface area contributed by atoms with E-state index in [0.717, 1.165) is 13.0 Å². The molecule has 0 bridgehead atoms. The molecule has 1 rings (SSSR count). The Kier molecular flexibility index (Phi) is 9.20. The molecule has 1 aromatic rings. The van der Waals surface area contributed by atoms with Gasteiger partial charge in [0.1, 0.15) is 0 Å². The van der Waals surface area contributed by atoms with E-state index >= 15 is 0 Å². The van der Waals surface area contributed by atoms with Gasteiger partial charge in [0, 0.05) is 25.0 Å². The van der Waals surface area contributed by atoms with Gasteiger partial charge in [-0.15, -0.1) is 0 Å². The fraction of sp³-hybridized carbons (Fsp3) is 0.833. The van der Waals surface area contributed by atoms with Crippen molar-refractivity contribution >= 4 is 0 Å². The van der Waals surface area contributed by atoms with Crippen molar-refractivity contribution in [3.05, 3.63) is 22.9 Å². The van der Waals surface area contributed by atoms with Gasteiger partial charge in [0.25, 0.3) is 0 Å². The molecule has 0 radical (unpaired) electrons. The van der Waals surface area contributed by atoms with Gasteiger partial charge in [-0.25, -0.2) is 4.79 Å². The molecule has 21 heavy (non-hydrogen) atoms. The second-order valence-electron chi connectivity index (χ2n) is 6.46. The van der Waals surface area contributed by atoms with Crippen molar-refractivity contribution in [3.63, 3.8) is 0 Å². The lowest BCUT2D eigenvalue weighted by atomic mass is 10.1. The highest BCUT2D eigenvalue weighted by atomic mass is 16.1. The Bertz CT molecular complexity index is 417. The van der Waals surface area contributed by atoms with Crippen molar-refractivity contribution in [1.29, 1.82) is 0 Å². The third kappa shape index (κ3) is 7.01. The summed E-state index contributed by atoms with van der Waals surface area (Å²) in [6, 6.07) is 0.256. The van der Waals surface area contributed by atoms with Crippen LogP contribution in [0, 0.1) is 0 Å². The van der Waals surface area contributed by atoms with Crippen molar-refractivity contribution in [2.24, 2.45) is 0 Å². The Balaban J connectivity index is 2.03. The number of nitrogens with zero attached hydrogens (tertiary/aromatic N) is 2. The predicted octanol–water partition coefficient (Wildman–Crippen LogP) is 5.15. The monoisotopic (exact) mass is 294 g/mol. The Morgan fingerprint density at radius 1 is 0.857 bits per heavy atom. The Morgan fingerprint density at radius 2 is 1.38 bits per heavy atom. The van der Waals surface area contributed by atoms with Gasteiger partial charge in [-0.1, -0.05) is 64.7 Å². The maximum absolute atomic E-state index is 12.0. The van der Waals surface area contributed by atoms with Crippen LogP contribution in [0.4, 0.5) is 0 Å². The van der Waals surface area contributed by atoms with Gasteiger partial charge in [0.05, 0.1) is 0 Å². The lowest BCUT2D eigenvalue weighted by Crippen LogP contribution is -2.25. The van der Waals surface area contributed by atoms with Crippen LogP contribution in [-0.2, 0) is 6.54 Å². The summed E-state index contributed by atoms with van der Waals surface area (Å²) in [7, 11) is 0. The standard InChI is InChI=1S/C18H34N2O/c1-4-5-6-7-8-9-10-11-12-13-14-19-15-16-20(17(2)3)18(19)21/h15-17H,4-14H2,1-3H3. The molecule has 0 N–H and O–H groups in total. The lowest BCUT2D eigenvalue weighted by molar-refractivity contribution is 0.513. The van der Waals surface area contributed by atoms with Crippen LogP contribution in [0.25, 0.3) is 0 Å². The number of aromatic nitrogens is 2. The summed E-state index contributed by atoms with van der Waals surface area (Å²) in [5, 5.41) is 0. The minimum atomic E-state index is 0.140.